The number of aromatic nitrogens is 4. The van der Waals surface area contributed by atoms with Crippen molar-refractivity contribution in [2.24, 2.45) is 0 Å². The predicted octanol–water partition coefficient (Wildman–Crippen LogP) is 3.50. The Morgan fingerprint density at radius 2 is 1.94 bits per heavy atom. The van der Waals surface area contributed by atoms with E-state index in [4.69, 9.17) is 13.9 Å². The highest BCUT2D eigenvalue weighted by molar-refractivity contribution is 5.99. The second kappa shape index (κ2) is 9.60. The number of fused-ring (bicyclic) bond motifs is 1. The third kappa shape index (κ3) is 4.32. The van der Waals surface area contributed by atoms with Crippen LogP contribution in [0.1, 0.15) is 29.8 Å². The molecule has 172 valence electrons. The van der Waals surface area contributed by atoms with Gasteiger partial charge in [0.05, 0.1) is 20.5 Å². The lowest BCUT2D eigenvalue weighted by atomic mass is 10.2. The maximum absolute atomic E-state index is 13.1. The fourth-order valence-corrected chi connectivity index (χ4v) is 3.51. The van der Waals surface area contributed by atoms with Gasteiger partial charge in [-0.3, -0.25) is 4.79 Å². The highest BCUT2D eigenvalue weighted by Crippen LogP contribution is 2.28. The van der Waals surface area contributed by atoms with E-state index in [2.05, 4.69) is 20.4 Å². The van der Waals surface area contributed by atoms with E-state index in [9.17, 15) is 4.79 Å². The maximum atomic E-state index is 13.1. The lowest BCUT2D eigenvalue weighted by Crippen LogP contribution is -2.31. The molecule has 0 aliphatic heterocycles. The number of nitrogens with one attached hydrogen (secondary N) is 1. The Hall–Kier alpha value is -4.08. The fraction of sp³-hybridized carbons (Fsp3) is 0.304. The third-order valence-electron chi connectivity index (χ3n) is 5.29. The van der Waals surface area contributed by atoms with Crippen LogP contribution >= 0.6 is 0 Å². The van der Waals surface area contributed by atoms with Crippen LogP contribution in [-0.4, -0.2) is 57.7 Å². The zero-order valence-electron chi connectivity index (χ0n) is 19.0. The largest absolute Gasteiger partial charge is 0.493 e. The lowest BCUT2D eigenvalue weighted by molar-refractivity contribution is 0.0774. The first-order valence-corrected chi connectivity index (χ1v) is 10.6. The third-order valence-corrected chi connectivity index (χ3v) is 5.29. The van der Waals surface area contributed by atoms with Gasteiger partial charge in [0, 0.05) is 25.8 Å². The Labute approximate surface area is 191 Å². The van der Waals surface area contributed by atoms with Crippen molar-refractivity contribution in [3.8, 4) is 23.1 Å². The zero-order valence-corrected chi connectivity index (χ0v) is 19.0. The van der Waals surface area contributed by atoms with E-state index in [1.54, 1.807) is 37.5 Å². The Bertz CT molecular complexity index is 1250. The molecule has 3 heterocycles. The van der Waals surface area contributed by atoms with Crippen molar-refractivity contribution in [3.63, 3.8) is 0 Å². The number of ether oxygens (including phenoxy) is 2. The molecule has 0 spiro atoms. The van der Waals surface area contributed by atoms with Gasteiger partial charge in [0.15, 0.2) is 22.9 Å². The second-order valence-electron chi connectivity index (χ2n) is 7.16. The first kappa shape index (κ1) is 22.1. The first-order chi connectivity index (χ1) is 16.1. The number of carbonyl (C=O) groups excluding carboxylic acids is 1. The normalized spacial score (nSPS) is 10.9. The molecule has 0 unspecified atom stereocenters. The Morgan fingerprint density at radius 3 is 2.61 bits per heavy atom. The van der Waals surface area contributed by atoms with Crippen molar-refractivity contribution < 1.29 is 18.7 Å². The number of furan rings is 1. The van der Waals surface area contributed by atoms with E-state index in [1.165, 1.54) is 10.7 Å². The molecule has 10 nitrogen and oxygen atoms in total. The summed E-state index contributed by atoms with van der Waals surface area (Å²) >= 11 is 0. The van der Waals surface area contributed by atoms with E-state index in [0.717, 1.165) is 5.56 Å². The fourth-order valence-electron chi connectivity index (χ4n) is 3.51. The molecular weight excluding hydrogens is 424 g/mol. The quantitative estimate of drug-likeness (QED) is 0.413. The molecule has 0 bridgehead atoms. The monoisotopic (exact) mass is 450 g/mol. The molecule has 0 saturated heterocycles. The molecule has 0 fully saturated rings. The smallest absolute Gasteiger partial charge is 0.259 e. The predicted molar refractivity (Wildman–Crippen MR) is 123 cm³/mol. The minimum absolute atomic E-state index is 0.151. The number of hydrogen-bond acceptors (Lipinski definition) is 8. The highest BCUT2D eigenvalue weighted by atomic mass is 16.5. The van der Waals surface area contributed by atoms with Crippen molar-refractivity contribution >= 4 is 17.5 Å². The van der Waals surface area contributed by atoms with Gasteiger partial charge in [-0.15, -0.1) is 5.10 Å². The highest BCUT2D eigenvalue weighted by Gasteiger charge is 2.22. The number of rotatable bonds is 9. The summed E-state index contributed by atoms with van der Waals surface area (Å²) in [7, 11) is 3.19. The van der Waals surface area contributed by atoms with Gasteiger partial charge in [-0.05, 0) is 43.7 Å². The van der Waals surface area contributed by atoms with Crippen molar-refractivity contribution in [3.05, 3.63) is 53.9 Å². The van der Waals surface area contributed by atoms with Crippen LogP contribution in [0.25, 0.3) is 17.2 Å². The van der Waals surface area contributed by atoms with Crippen LogP contribution in [0, 0.1) is 0 Å². The molecule has 33 heavy (non-hydrogen) atoms. The van der Waals surface area contributed by atoms with Gasteiger partial charge < -0.3 is 24.1 Å². The van der Waals surface area contributed by atoms with Crippen molar-refractivity contribution in [2.75, 3.05) is 32.6 Å². The number of hydrogen-bond donors (Lipinski definition) is 1. The molecule has 0 radical (unpaired) electrons. The average Bonchev–Trinajstić information content (AvgIpc) is 3.53. The van der Waals surface area contributed by atoms with Crippen LogP contribution in [0.3, 0.4) is 0 Å². The van der Waals surface area contributed by atoms with Crippen LogP contribution in [-0.2, 0) is 6.54 Å². The number of nitrogens with zero attached hydrogens (tertiary/aromatic N) is 5. The van der Waals surface area contributed by atoms with E-state index in [0.29, 0.717) is 59.9 Å². The van der Waals surface area contributed by atoms with Gasteiger partial charge >= 0.3 is 0 Å². The molecular formula is C23H26N6O4. The SMILES string of the molecule is CCN(CC)C(=O)c1cnc(NCc2ccc(OC)c(OC)c2)n2nc(-c3ccco3)nc12. The topological polar surface area (TPSA) is 107 Å². The summed E-state index contributed by atoms with van der Waals surface area (Å²) in [5.41, 5.74) is 1.74. The molecule has 1 N–H and O–H groups in total. The summed E-state index contributed by atoms with van der Waals surface area (Å²) < 4.78 is 17.7. The number of carbonyl (C=O) groups is 1. The van der Waals surface area contributed by atoms with Crippen LogP contribution < -0.4 is 14.8 Å². The van der Waals surface area contributed by atoms with E-state index in [1.807, 2.05) is 32.0 Å². The van der Waals surface area contributed by atoms with E-state index < -0.39 is 0 Å². The average molecular weight is 450 g/mol. The van der Waals surface area contributed by atoms with Crippen LogP contribution in [0.4, 0.5) is 5.95 Å². The number of amides is 1. The van der Waals surface area contributed by atoms with Gasteiger partial charge in [-0.2, -0.15) is 4.52 Å². The summed E-state index contributed by atoms with van der Waals surface area (Å²) in [6.07, 6.45) is 3.09. The molecule has 0 atom stereocenters. The molecule has 0 aliphatic carbocycles. The molecule has 4 rings (SSSR count). The minimum Gasteiger partial charge on any atom is -0.493 e. The molecule has 10 heteroatoms. The summed E-state index contributed by atoms with van der Waals surface area (Å²) in [6.45, 7) is 5.48. The minimum atomic E-state index is -0.151. The standard InChI is InChI=1S/C23H26N6O4/c1-5-28(6-2)22(30)16-14-25-23(24-13-15-9-10-17(31-3)19(12-15)32-4)29-21(16)26-20(27-29)18-8-7-11-33-18/h7-12,14H,5-6,13H2,1-4H3,(H,24,25). The molecule has 4 aromatic rings. The summed E-state index contributed by atoms with van der Waals surface area (Å²) in [4.78, 5) is 23.9. The van der Waals surface area contributed by atoms with Gasteiger partial charge in [0.2, 0.25) is 11.8 Å². The van der Waals surface area contributed by atoms with Crippen LogP contribution in [0.2, 0.25) is 0 Å². The first-order valence-electron chi connectivity index (χ1n) is 10.6. The Morgan fingerprint density at radius 1 is 1.15 bits per heavy atom. The van der Waals surface area contributed by atoms with E-state index in [-0.39, 0.29) is 5.91 Å². The molecule has 1 amide bonds. The maximum Gasteiger partial charge on any atom is 0.259 e. The molecule has 0 saturated carbocycles. The molecule has 0 aliphatic rings. The number of benzene rings is 1. The van der Waals surface area contributed by atoms with Gasteiger partial charge in [0.25, 0.3) is 5.91 Å². The van der Waals surface area contributed by atoms with Gasteiger partial charge in [-0.1, -0.05) is 6.07 Å². The molecule has 3 aromatic heterocycles. The summed E-state index contributed by atoms with van der Waals surface area (Å²) in [5.74, 6) is 2.46. The summed E-state index contributed by atoms with van der Waals surface area (Å²) in [6, 6.07) is 9.19. The second-order valence-corrected chi connectivity index (χ2v) is 7.16. The summed E-state index contributed by atoms with van der Waals surface area (Å²) in [5, 5.41) is 7.83. The Kier molecular flexibility index (Phi) is 6.43. The van der Waals surface area contributed by atoms with Crippen LogP contribution in [0.5, 0.6) is 11.5 Å². The Balaban J connectivity index is 1.71. The van der Waals surface area contributed by atoms with Crippen LogP contribution in [0.15, 0.2) is 47.2 Å². The van der Waals surface area contributed by atoms with Gasteiger partial charge in [-0.25, -0.2) is 9.97 Å². The number of anilines is 1. The van der Waals surface area contributed by atoms with E-state index >= 15 is 0 Å². The molecule has 1 aromatic carbocycles. The number of methoxy groups -OCH3 is 2. The zero-order chi connectivity index (χ0) is 23.4. The van der Waals surface area contributed by atoms with Crippen molar-refractivity contribution in [1.29, 1.82) is 0 Å². The van der Waals surface area contributed by atoms with Crippen molar-refractivity contribution in [1.82, 2.24) is 24.5 Å². The lowest BCUT2D eigenvalue weighted by Gasteiger charge is -2.18. The van der Waals surface area contributed by atoms with Crippen molar-refractivity contribution in [2.45, 2.75) is 20.4 Å². The van der Waals surface area contributed by atoms with Gasteiger partial charge in [0.1, 0.15) is 5.56 Å².